The quantitative estimate of drug-likeness (QED) is 0.908. The van der Waals surface area contributed by atoms with Crippen LogP contribution < -0.4 is 11.1 Å². The molecule has 0 amide bonds. The van der Waals surface area contributed by atoms with Crippen LogP contribution in [-0.2, 0) is 0 Å². The standard InChI is InChI=1S/C14H15BrFN3/c1-2-19-14(11-8-18-6-5-13(11)17)10-7-9(16)3-4-12(10)15/h3-8,14,19H,2H2,1H3,(H2,17,18). The summed E-state index contributed by atoms with van der Waals surface area (Å²) >= 11 is 3.46. The first-order valence-corrected chi connectivity index (χ1v) is 6.80. The fourth-order valence-electron chi connectivity index (χ4n) is 1.99. The van der Waals surface area contributed by atoms with Gasteiger partial charge < -0.3 is 11.1 Å². The summed E-state index contributed by atoms with van der Waals surface area (Å²) in [6, 6.07) is 6.17. The highest BCUT2D eigenvalue weighted by atomic mass is 79.9. The molecule has 100 valence electrons. The Hall–Kier alpha value is -1.46. The first-order chi connectivity index (χ1) is 9.13. The normalized spacial score (nSPS) is 12.4. The second-order valence-corrected chi connectivity index (χ2v) is 5.02. The number of benzene rings is 1. The number of nitrogens with two attached hydrogens (primary N) is 1. The van der Waals surface area contributed by atoms with Crippen molar-refractivity contribution in [1.29, 1.82) is 0 Å². The Bertz CT molecular complexity index is 574. The first-order valence-electron chi connectivity index (χ1n) is 6.01. The summed E-state index contributed by atoms with van der Waals surface area (Å²) < 4.78 is 14.3. The Labute approximate surface area is 120 Å². The maximum absolute atomic E-state index is 13.5. The fraction of sp³-hybridized carbons (Fsp3) is 0.214. The van der Waals surface area contributed by atoms with Crippen LogP contribution in [-0.4, -0.2) is 11.5 Å². The summed E-state index contributed by atoms with van der Waals surface area (Å²) in [5.74, 6) is -0.274. The SMILES string of the molecule is CCNC(c1cnccc1N)c1cc(F)ccc1Br. The molecule has 0 fully saturated rings. The zero-order valence-electron chi connectivity index (χ0n) is 10.5. The van der Waals surface area contributed by atoms with Gasteiger partial charge in [-0.05, 0) is 36.4 Å². The van der Waals surface area contributed by atoms with E-state index in [9.17, 15) is 4.39 Å². The number of halogens is 2. The largest absolute Gasteiger partial charge is 0.398 e. The van der Waals surface area contributed by atoms with Crippen molar-refractivity contribution >= 4 is 21.6 Å². The van der Waals surface area contributed by atoms with E-state index in [4.69, 9.17) is 5.73 Å². The molecule has 2 aromatic rings. The summed E-state index contributed by atoms with van der Waals surface area (Å²) in [4.78, 5) is 4.10. The summed E-state index contributed by atoms with van der Waals surface area (Å²) in [5, 5.41) is 3.31. The average Bonchev–Trinajstić information content (AvgIpc) is 2.40. The van der Waals surface area contributed by atoms with Crippen molar-refractivity contribution < 1.29 is 4.39 Å². The Morgan fingerprint density at radius 1 is 1.37 bits per heavy atom. The number of nitrogens with zero attached hydrogens (tertiary/aromatic N) is 1. The fourth-order valence-corrected chi connectivity index (χ4v) is 2.46. The summed E-state index contributed by atoms with van der Waals surface area (Å²) in [7, 11) is 0. The average molecular weight is 324 g/mol. The van der Waals surface area contributed by atoms with Crippen LogP contribution in [0.4, 0.5) is 10.1 Å². The lowest BCUT2D eigenvalue weighted by Crippen LogP contribution is -2.23. The second kappa shape index (κ2) is 6.12. The van der Waals surface area contributed by atoms with Gasteiger partial charge in [0.15, 0.2) is 0 Å². The molecule has 1 heterocycles. The summed E-state index contributed by atoms with van der Waals surface area (Å²) in [6.45, 7) is 2.73. The molecule has 0 saturated carbocycles. The van der Waals surface area contributed by atoms with Gasteiger partial charge in [-0.15, -0.1) is 0 Å². The summed E-state index contributed by atoms with van der Waals surface area (Å²) in [6.07, 6.45) is 3.35. The molecule has 1 atom stereocenters. The lowest BCUT2D eigenvalue weighted by Gasteiger charge is -2.21. The molecule has 1 aromatic carbocycles. The van der Waals surface area contributed by atoms with Gasteiger partial charge in [0.1, 0.15) is 5.82 Å². The summed E-state index contributed by atoms with van der Waals surface area (Å²) in [5.41, 5.74) is 8.27. The number of nitrogens with one attached hydrogen (secondary N) is 1. The van der Waals surface area contributed by atoms with Crippen molar-refractivity contribution in [2.75, 3.05) is 12.3 Å². The number of anilines is 1. The minimum atomic E-state index is -0.274. The minimum Gasteiger partial charge on any atom is -0.398 e. The van der Waals surface area contributed by atoms with Gasteiger partial charge >= 0.3 is 0 Å². The number of hydrogen-bond acceptors (Lipinski definition) is 3. The van der Waals surface area contributed by atoms with E-state index in [1.54, 1.807) is 24.5 Å². The molecule has 5 heteroatoms. The molecule has 1 unspecified atom stereocenters. The molecule has 0 aliphatic rings. The lowest BCUT2D eigenvalue weighted by atomic mass is 9.98. The van der Waals surface area contributed by atoms with Crippen LogP contribution in [0.3, 0.4) is 0 Å². The van der Waals surface area contributed by atoms with Gasteiger partial charge in [-0.3, -0.25) is 4.98 Å². The maximum Gasteiger partial charge on any atom is 0.123 e. The molecule has 0 aliphatic carbocycles. The number of aromatic nitrogens is 1. The van der Waals surface area contributed by atoms with Crippen LogP contribution in [0.2, 0.25) is 0 Å². The van der Waals surface area contributed by atoms with Crippen LogP contribution in [0.1, 0.15) is 24.1 Å². The zero-order valence-corrected chi connectivity index (χ0v) is 12.1. The predicted octanol–water partition coefficient (Wildman–Crippen LogP) is 3.26. The van der Waals surface area contributed by atoms with E-state index in [2.05, 4.69) is 26.2 Å². The van der Waals surface area contributed by atoms with E-state index in [-0.39, 0.29) is 11.9 Å². The van der Waals surface area contributed by atoms with Crippen molar-refractivity contribution in [2.24, 2.45) is 0 Å². The number of nitrogen functional groups attached to an aromatic ring is 1. The Balaban J connectivity index is 2.51. The maximum atomic E-state index is 13.5. The molecule has 3 N–H and O–H groups in total. The van der Waals surface area contributed by atoms with Crippen LogP contribution in [0, 0.1) is 5.82 Å². The Kier molecular flexibility index (Phi) is 4.50. The van der Waals surface area contributed by atoms with Gasteiger partial charge in [0.2, 0.25) is 0 Å². The molecule has 2 rings (SSSR count). The van der Waals surface area contributed by atoms with Gasteiger partial charge in [-0.1, -0.05) is 22.9 Å². The number of pyridine rings is 1. The first kappa shape index (κ1) is 14.0. The van der Waals surface area contributed by atoms with Gasteiger partial charge in [-0.25, -0.2) is 4.39 Å². The van der Waals surface area contributed by atoms with E-state index >= 15 is 0 Å². The van der Waals surface area contributed by atoms with Gasteiger partial charge in [0, 0.05) is 28.1 Å². The zero-order chi connectivity index (χ0) is 13.8. The molecule has 19 heavy (non-hydrogen) atoms. The van der Waals surface area contributed by atoms with E-state index < -0.39 is 0 Å². The van der Waals surface area contributed by atoms with Gasteiger partial charge in [-0.2, -0.15) is 0 Å². The third kappa shape index (κ3) is 3.11. The molecular weight excluding hydrogens is 309 g/mol. The molecule has 3 nitrogen and oxygen atoms in total. The van der Waals surface area contributed by atoms with E-state index in [0.717, 1.165) is 22.1 Å². The molecule has 0 saturated heterocycles. The predicted molar refractivity (Wildman–Crippen MR) is 78.3 cm³/mol. The van der Waals surface area contributed by atoms with E-state index in [1.807, 2.05) is 6.92 Å². The molecule has 1 aromatic heterocycles. The highest BCUT2D eigenvalue weighted by molar-refractivity contribution is 9.10. The van der Waals surface area contributed by atoms with E-state index in [1.165, 1.54) is 12.1 Å². The molecule has 0 spiro atoms. The molecule has 0 radical (unpaired) electrons. The Morgan fingerprint density at radius 3 is 2.84 bits per heavy atom. The minimum absolute atomic E-state index is 0.191. The van der Waals surface area contributed by atoms with Crippen LogP contribution in [0.5, 0.6) is 0 Å². The highest BCUT2D eigenvalue weighted by Crippen LogP contribution is 2.31. The molecular formula is C14H15BrFN3. The highest BCUT2D eigenvalue weighted by Gasteiger charge is 2.19. The number of rotatable bonds is 4. The van der Waals surface area contributed by atoms with Crippen molar-refractivity contribution in [3.05, 3.63) is 58.1 Å². The second-order valence-electron chi connectivity index (χ2n) is 4.16. The third-order valence-electron chi connectivity index (χ3n) is 2.88. The van der Waals surface area contributed by atoms with Crippen LogP contribution in [0.15, 0.2) is 41.1 Å². The lowest BCUT2D eigenvalue weighted by molar-refractivity contribution is 0.601. The van der Waals surface area contributed by atoms with Crippen molar-refractivity contribution in [3.63, 3.8) is 0 Å². The van der Waals surface area contributed by atoms with Gasteiger partial charge in [0.05, 0.1) is 6.04 Å². The van der Waals surface area contributed by atoms with Crippen molar-refractivity contribution in [3.8, 4) is 0 Å². The van der Waals surface area contributed by atoms with Gasteiger partial charge in [0.25, 0.3) is 0 Å². The molecule has 0 bridgehead atoms. The smallest absolute Gasteiger partial charge is 0.123 e. The van der Waals surface area contributed by atoms with Crippen LogP contribution in [0.25, 0.3) is 0 Å². The van der Waals surface area contributed by atoms with Crippen LogP contribution >= 0.6 is 15.9 Å². The number of hydrogen-bond donors (Lipinski definition) is 2. The Morgan fingerprint density at radius 2 is 2.16 bits per heavy atom. The van der Waals surface area contributed by atoms with Crippen molar-refractivity contribution in [2.45, 2.75) is 13.0 Å². The third-order valence-corrected chi connectivity index (χ3v) is 3.60. The topological polar surface area (TPSA) is 50.9 Å². The molecule has 0 aliphatic heterocycles. The monoisotopic (exact) mass is 323 g/mol. The van der Waals surface area contributed by atoms with E-state index in [0.29, 0.717) is 5.69 Å². The van der Waals surface area contributed by atoms with Crippen molar-refractivity contribution in [1.82, 2.24) is 10.3 Å².